The molecular formula is C10H20N2. The van der Waals surface area contributed by atoms with Crippen molar-refractivity contribution in [2.45, 2.75) is 45.6 Å². The number of rotatable bonds is 6. The molecule has 0 aromatic rings. The van der Waals surface area contributed by atoms with E-state index in [1.54, 1.807) is 0 Å². The van der Waals surface area contributed by atoms with Gasteiger partial charge in [-0.2, -0.15) is 5.26 Å². The Kier molecular flexibility index (Phi) is 6.79. The van der Waals surface area contributed by atoms with Gasteiger partial charge in [0.1, 0.15) is 0 Å². The molecular weight excluding hydrogens is 148 g/mol. The summed E-state index contributed by atoms with van der Waals surface area (Å²) in [6.07, 6.45) is 5.08. The first kappa shape index (κ1) is 11.4. The van der Waals surface area contributed by atoms with Gasteiger partial charge in [0.2, 0.25) is 0 Å². The molecule has 0 heterocycles. The minimum absolute atomic E-state index is 0.549. The minimum Gasteiger partial charge on any atom is -0.291 e. The lowest BCUT2D eigenvalue weighted by Crippen LogP contribution is -2.29. The summed E-state index contributed by atoms with van der Waals surface area (Å²) >= 11 is 0. The Morgan fingerprint density at radius 2 is 2.08 bits per heavy atom. The third-order valence-corrected chi connectivity index (χ3v) is 2.30. The van der Waals surface area contributed by atoms with E-state index in [0.29, 0.717) is 12.6 Å². The first-order valence-electron chi connectivity index (χ1n) is 4.79. The number of nitrogens with zero attached hydrogens (tertiary/aromatic N) is 2. The fourth-order valence-electron chi connectivity index (χ4n) is 1.18. The van der Waals surface area contributed by atoms with E-state index in [2.05, 4.69) is 24.8 Å². The third-order valence-electron chi connectivity index (χ3n) is 2.30. The lowest BCUT2D eigenvalue weighted by Gasteiger charge is -2.21. The zero-order valence-corrected chi connectivity index (χ0v) is 8.51. The Morgan fingerprint density at radius 1 is 1.42 bits per heavy atom. The van der Waals surface area contributed by atoms with Crippen molar-refractivity contribution in [2.24, 2.45) is 0 Å². The van der Waals surface area contributed by atoms with Gasteiger partial charge in [-0.25, -0.2) is 0 Å². The van der Waals surface area contributed by atoms with Crippen LogP contribution in [0.2, 0.25) is 0 Å². The van der Waals surface area contributed by atoms with Crippen molar-refractivity contribution < 1.29 is 0 Å². The molecule has 0 amide bonds. The molecule has 0 rings (SSSR count). The second-order valence-corrected chi connectivity index (χ2v) is 3.42. The molecule has 0 bridgehead atoms. The molecule has 0 saturated heterocycles. The van der Waals surface area contributed by atoms with Gasteiger partial charge >= 0.3 is 0 Å². The van der Waals surface area contributed by atoms with Gasteiger partial charge in [0.05, 0.1) is 12.6 Å². The Labute approximate surface area is 76.2 Å². The second kappa shape index (κ2) is 7.12. The lowest BCUT2D eigenvalue weighted by atomic mass is 10.1. The summed E-state index contributed by atoms with van der Waals surface area (Å²) in [5, 5.41) is 8.47. The van der Waals surface area contributed by atoms with Crippen LogP contribution in [0.25, 0.3) is 0 Å². The standard InChI is InChI=1S/C10H20N2/c1-4-5-6-7-10(2)12(3)9-8-11/h10H,4-7,9H2,1-3H3/t10-/m1/s1. The van der Waals surface area contributed by atoms with Crippen LogP contribution in [0.4, 0.5) is 0 Å². The molecule has 0 N–H and O–H groups in total. The van der Waals surface area contributed by atoms with Gasteiger partial charge in [0.15, 0.2) is 0 Å². The van der Waals surface area contributed by atoms with Gasteiger partial charge in [0.25, 0.3) is 0 Å². The quantitative estimate of drug-likeness (QED) is 0.450. The number of nitriles is 1. The normalized spacial score (nSPS) is 12.9. The highest BCUT2D eigenvalue weighted by Crippen LogP contribution is 2.07. The first-order chi connectivity index (χ1) is 5.72. The van der Waals surface area contributed by atoms with Gasteiger partial charge in [-0.05, 0) is 20.4 Å². The maximum atomic E-state index is 8.47. The Morgan fingerprint density at radius 3 is 2.58 bits per heavy atom. The number of unbranched alkanes of at least 4 members (excludes halogenated alkanes) is 2. The molecule has 12 heavy (non-hydrogen) atoms. The van der Waals surface area contributed by atoms with E-state index in [-0.39, 0.29) is 0 Å². The van der Waals surface area contributed by atoms with Crippen molar-refractivity contribution in [1.29, 1.82) is 5.26 Å². The molecule has 0 unspecified atom stereocenters. The maximum Gasteiger partial charge on any atom is 0.0865 e. The van der Waals surface area contributed by atoms with Crippen LogP contribution in [0, 0.1) is 11.3 Å². The topological polar surface area (TPSA) is 27.0 Å². The van der Waals surface area contributed by atoms with Crippen LogP contribution < -0.4 is 0 Å². The molecule has 0 saturated carbocycles. The van der Waals surface area contributed by atoms with Crippen molar-refractivity contribution in [1.82, 2.24) is 4.90 Å². The fraction of sp³-hybridized carbons (Fsp3) is 0.900. The first-order valence-corrected chi connectivity index (χ1v) is 4.79. The van der Waals surface area contributed by atoms with Crippen molar-refractivity contribution in [3.8, 4) is 6.07 Å². The van der Waals surface area contributed by atoms with Gasteiger partial charge in [0, 0.05) is 6.04 Å². The summed E-state index contributed by atoms with van der Waals surface area (Å²) in [7, 11) is 2.01. The fourth-order valence-corrected chi connectivity index (χ4v) is 1.18. The Balaban J connectivity index is 3.43. The van der Waals surface area contributed by atoms with Crippen LogP contribution in [0.5, 0.6) is 0 Å². The summed E-state index contributed by atoms with van der Waals surface area (Å²) in [4.78, 5) is 2.11. The molecule has 2 nitrogen and oxygen atoms in total. The minimum atomic E-state index is 0.549. The molecule has 0 aromatic carbocycles. The molecule has 0 fully saturated rings. The van der Waals surface area contributed by atoms with Gasteiger partial charge < -0.3 is 0 Å². The summed E-state index contributed by atoms with van der Waals surface area (Å²) < 4.78 is 0. The van der Waals surface area contributed by atoms with E-state index in [4.69, 9.17) is 5.26 Å². The zero-order valence-electron chi connectivity index (χ0n) is 8.51. The van der Waals surface area contributed by atoms with Gasteiger partial charge in [-0.1, -0.05) is 26.2 Å². The average Bonchev–Trinajstić information content (AvgIpc) is 2.05. The van der Waals surface area contributed by atoms with Crippen molar-refractivity contribution in [3.05, 3.63) is 0 Å². The highest BCUT2D eigenvalue weighted by Gasteiger charge is 2.06. The molecule has 0 aromatic heterocycles. The van der Waals surface area contributed by atoms with Crippen molar-refractivity contribution in [3.63, 3.8) is 0 Å². The van der Waals surface area contributed by atoms with E-state index in [1.807, 2.05) is 7.05 Å². The van der Waals surface area contributed by atoms with Gasteiger partial charge in [-0.3, -0.25) is 4.90 Å². The monoisotopic (exact) mass is 168 g/mol. The summed E-state index contributed by atoms with van der Waals surface area (Å²) in [6, 6.07) is 2.72. The maximum absolute atomic E-state index is 8.47. The van der Waals surface area contributed by atoms with E-state index in [9.17, 15) is 0 Å². The second-order valence-electron chi connectivity index (χ2n) is 3.42. The van der Waals surface area contributed by atoms with Crippen LogP contribution in [0.3, 0.4) is 0 Å². The SMILES string of the molecule is CCCCC[C@@H](C)N(C)CC#N. The van der Waals surface area contributed by atoms with E-state index in [0.717, 1.165) is 0 Å². The largest absolute Gasteiger partial charge is 0.291 e. The highest BCUT2D eigenvalue weighted by molar-refractivity contribution is 4.77. The van der Waals surface area contributed by atoms with Crippen LogP contribution in [-0.2, 0) is 0 Å². The summed E-state index contributed by atoms with van der Waals surface area (Å²) in [6.45, 7) is 4.95. The lowest BCUT2D eigenvalue weighted by molar-refractivity contribution is 0.268. The predicted molar refractivity (Wildman–Crippen MR) is 51.8 cm³/mol. The van der Waals surface area contributed by atoms with E-state index < -0.39 is 0 Å². The van der Waals surface area contributed by atoms with Crippen LogP contribution in [0.15, 0.2) is 0 Å². The van der Waals surface area contributed by atoms with Crippen LogP contribution in [0.1, 0.15) is 39.5 Å². The molecule has 2 heteroatoms. The summed E-state index contributed by atoms with van der Waals surface area (Å²) in [5.74, 6) is 0. The molecule has 0 radical (unpaired) electrons. The predicted octanol–water partition coefficient (Wildman–Crippen LogP) is 2.41. The molecule has 0 spiro atoms. The molecule has 1 atom stereocenters. The highest BCUT2D eigenvalue weighted by atomic mass is 15.1. The Bertz CT molecular complexity index is 137. The number of hydrogen-bond donors (Lipinski definition) is 0. The molecule has 70 valence electrons. The number of hydrogen-bond acceptors (Lipinski definition) is 2. The molecule has 0 aliphatic heterocycles. The zero-order chi connectivity index (χ0) is 9.40. The smallest absolute Gasteiger partial charge is 0.0865 e. The molecule has 0 aliphatic rings. The average molecular weight is 168 g/mol. The van der Waals surface area contributed by atoms with Crippen molar-refractivity contribution in [2.75, 3.05) is 13.6 Å². The van der Waals surface area contributed by atoms with E-state index >= 15 is 0 Å². The van der Waals surface area contributed by atoms with Crippen LogP contribution in [-0.4, -0.2) is 24.5 Å². The summed E-state index contributed by atoms with van der Waals surface area (Å²) in [5.41, 5.74) is 0. The van der Waals surface area contributed by atoms with Crippen LogP contribution >= 0.6 is 0 Å². The van der Waals surface area contributed by atoms with Crippen molar-refractivity contribution >= 4 is 0 Å². The van der Waals surface area contributed by atoms with Gasteiger partial charge in [-0.15, -0.1) is 0 Å². The van der Waals surface area contributed by atoms with E-state index in [1.165, 1.54) is 25.7 Å². The molecule has 0 aliphatic carbocycles. The Hall–Kier alpha value is -0.550. The third kappa shape index (κ3) is 5.15.